The Hall–Kier alpha value is -1.82. The van der Waals surface area contributed by atoms with Crippen molar-refractivity contribution in [3.63, 3.8) is 0 Å². The fourth-order valence-corrected chi connectivity index (χ4v) is 2.17. The molecular formula is C13H15BrN4O. The van der Waals surface area contributed by atoms with Gasteiger partial charge >= 0.3 is 0 Å². The Morgan fingerprint density at radius 1 is 1.47 bits per heavy atom. The lowest BCUT2D eigenvalue weighted by atomic mass is 10.3. The second kappa shape index (κ2) is 5.44. The SMILES string of the molecule is Cc1nn(CC(=O)Nc2cccc(Br)c2)c(C)c1N. The monoisotopic (exact) mass is 322 g/mol. The van der Waals surface area contributed by atoms with Gasteiger partial charge in [0.15, 0.2) is 0 Å². The van der Waals surface area contributed by atoms with E-state index >= 15 is 0 Å². The summed E-state index contributed by atoms with van der Waals surface area (Å²) in [6, 6.07) is 7.43. The molecule has 0 saturated carbocycles. The van der Waals surface area contributed by atoms with Crippen molar-refractivity contribution in [2.75, 3.05) is 11.1 Å². The van der Waals surface area contributed by atoms with Crippen LogP contribution < -0.4 is 11.1 Å². The molecule has 0 atom stereocenters. The predicted octanol–water partition coefficient (Wildman–Crippen LogP) is 2.48. The number of amides is 1. The lowest BCUT2D eigenvalue weighted by Crippen LogP contribution is -2.20. The molecule has 100 valence electrons. The molecule has 3 N–H and O–H groups in total. The Kier molecular flexibility index (Phi) is 3.90. The molecule has 0 bridgehead atoms. The summed E-state index contributed by atoms with van der Waals surface area (Å²) >= 11 is 3.36. The Balaban J connectivity index is 2.07. The van der Waals surface area contributed by atoms with Crippen molar-refractivity contribution < 1.29 is 4.79 Å². The number of rotatable bonds is 3. The van der Waals surface area contributed by atoms with Gasteiger partial charge in [0.1, 0.15) is 6.54 Å². The first kappa shape index (κ1) is 13.6. The molecule has 0 radical (unpaired) electrons. The summed E-state index contributed by atoms with van der Waals surface area (Å²) in [6.45, 7) is 3.82. The number of halogens is 1. The molecule has 0 aliphatic carbocycles. The van der Waals surface area contributed by atoms with Gasteiger partial charge in [-0.15, -0.1) is 0 Å². The molecule has 1 aromatic heterocycles. The van der Waals surface area contributed by atoms with Crippen molar-refractivity contribution in [2.24, 2.45) is 0 Å². The summed E-state index contributed by atoms with van der Waals surface area (Å²) in [7, 11) is 0. The summed E-state index contributed by atoms with van der Waals surface area (Å²) in [5.74, 6) is -0.135. The smallest absolute Gasteiger partial charge is 0.246 e. The zero-order valence-electron chi connectivity index (χ0n) is 10.8. The van der Waals surface area contributed by atoms with Crippen molar-refractivity contribution >= 4 is 33.2 Å². The molecular weight excluding hydrogens is 308 g/mol. The number of benzene rings is 1. The molecule has 1 amide bonds. The topological polar surface area (TPSA) is 72.9 Å². The molecule has 0 spiro atoms. The van der Waals surface area contributed by atoms with Crippen LogP contribution in [0.25, 0.3) is 0 Å². The number of nitrogens with one attached hydrogen (secondary N) is 1. The maximum atomic E-state index is 11.9. The lowest BCUT2D eigenvalue weighted by molar-refractivity contribution is -0.116. The number of nitrogens with two attached hydrogens (primary N) is 1. The van der Waals surface area contributed by atoms with E-state index in [-0.39, 0.29) is 12.5 Å². The average Bonchev–Trinajstić information content (AvgIpc) is 2.57. The molecule has 5 nitrogen and oxygen atoms in total. The minimum Gasteiger partial charge on any atom is -0.396 e. The van der Waals surface area contributed by atoms with Crippen molar-refractivity contribution in [3.8, 4) is 0 Å². The van der Waals surface area contributed by atoms with E-state index in [1.807, 2.05) is 38.1 Å². The Morgan fingerprint density at radius 2 is 2.21 bits per heavy atom. The van der Waals surface area contributed by atoms with Gasteiger partial charge in [0.25, 0.3) is 0 Å². The first-order chi connectivity index (χ1) is 8.97. The largest absolute Gasteiger partial charge is 0.396 e. The van der Waals surface area contributed by atoms with Gasteiger partial charge in [-0.2, -0.15) is 5.10 Å². The molecule has 1 aromatic carbocycles. The highest BCUT2D eigenvalue weighted by Gasteiger charge is 2.11. The molecule has 6 heteroatoms. The molecule has 0 fully saturated rings. The van der Waals surface area contributed by atoms with Gasteiger partial charge in [-0.25, -0.2) is 0 Å². The first-order valence-electron chi connectivity index (χ1n) is 5.82. The number of aromatic nitrogens is 2. The number of carbonyl (C=O) groups excluding carboxylic acids is 1. The molecule has 19 heavy (non-hydrogen) atoms. The van der Waals surface area contributed by atoms with E-state index in [0.29, 0.717) is 5.69 Å². The van der Waals surface area contributed by atoms with Crippen LogP contribution in [0.4, 0.5) is 11.4 Å². The normalized spacial score (nSPS) is 10.5. The quantitative estimate of drug-likeness (QED) is 0.911. The minimum absolute atomic E-state index is 0.135. The molecule has 1 heterocycles. The van der Waals surface area contributed by atoms with Crippen LogP contribution in [0.3, 0.4) is 0 Å². The Bertz CT molecular complexity index is 621. The van der Waals surface area contributed by atoms with E-state index in [1.54, 1.807) is 4.68 Å². The maximum Gasteiger partial charge on any atom is 0.246 e. The number of hydrogen-bond donors (Lipinski definition) is 2. The van der Waals surface area contributed by atoms with E-state index in [1.165, 1.54) is 0 Å². The second-order valence-electron chi connectivity index (χ2n) is 4.30. The summed E-state index contributed by atoms with van der Waals surface area (Å²) in [6.07, 6.45) is 0. The van der Waals surface area contributed by atoms with Crippen LogP contribution in [0.15, 0.2) is 28.7 Å². The molecule has 0 aliphatic heterocycles. The predicted molar refractivity (Wildman–Crippen MR) is 78.9 cm³/mol. The van der Waals surface area contributed by atoms with Gasteiger partial charge in [-0.3, -0.25) is 9.48 Å². The van der Waals surface area contributed by atoms with Gasteiger partial charge in [-0.1, -0.05) is 22.0 Å². The van der Waals surface area contributed by atoms with E-state index in [2.05, 4.69) is 26.3 Å². The van der Waals surface area contributed by atoms with Crippen LogP contribution in [-0.2, 0) is 11.3 Å². The minimum atomic E-state index is -0.135. The number of carbonyl (C=O) groups is 1. The molecule has 2 rings (SSSR count). The zero-order valence-corrected chi connectivity index (χ0v) is 12.4. The van der Waals surface area contributed by atoms with Gasteiger partial charge in [0, 0.05) is 10.2 Å². The van der Waals surface area contributed by atoms with Gasteiger partial charge in [0.2, 0.25) is 5.91 Å². The average molecular weight is 323 g/mol. The highest BCUT2D eigenvalue weighted by atomic mass is 79.9. The number of hydrogen-bond acceptors (Lipinski definition) is 3. The van der Waals surface area contributed by atoms with E-state index in [4.69, 9.17) is 5.73 Å². The summed E-state index contributed by atoms with van der Waals surface area (Å²) < 4.78 is 2.53. The Labute approximate surface area is 119 Å². The van der Waals surface area contributed by atoms with Gasteiger partial charge in [-0.05, 0) is 32.0 Å². The molecule has 0 aliphatic rings. The van der Waals surface area contributed by atoms with Crippen LogP contribution in [0.2, 0.25) is 0 Å². The van der Waals surface area contributed by atoms with Crippen LogP contribution in [-0.4, -0.2) is 15.7 Å². The van der Waals surface area contributed by atoms with E-state index in [0.717, 1.165) is 21.5 Å². The van der Waals surface area contributed by atoms with Crippen molar-refractivity contribution in [3.05, 3.63) is 40.1 Å². The fourth-order valence-electron chi connectivity index (χ4n) is 1.77. The van der Waals surface area contributed by atoms with Crippen LogP contribution in [0.5, 0.6) is 0 Å². The van der Waals surface area contributed by atoms with E-state index < -0.39 is 0 Å². The standard InChI is InChI=1S/C13H15BrN4O/c1-8-13(15)9(2)18(17-8)7-12(19)16-11-5-3-4-10(14)6-11/h3-6H,7,15H2,1-2H3,(H,16,19). The molecule has 0 saturated heterocycles. The third kappa shape index (κ3) is 3.14. The third-order valence-corrected chi connectivity index (χ3v) is 3.33. The van der Waals surface area contributed by atoms with Gasteiger partial charge < -0.3 is 11.1 Å². The second-order valence-corrected chi connectivity index (χ2v) is 5.22. The third-order valence-electron chi connectivity index (χ3n) is 2.84. The lowest BCUT2D eigenvalue weighted by Gasteiger charge is -2.07. The van der Waals surface area contributed by atoms with Crippen molar-refractivity contribution in [1.29, 1.82) is 0 Å². The number of aryl methyl sites for hydroxylation is 1. The molecule has 2 aromatic rings. The number of nitrogens with zero attached hydrogens (tertiary/aromatic N) is 2. The van der Waals surface area contributed by atoms with Crippen molar-refractivity contribution in [2.45, 2.75) is 20.4 Å². The zero-order chi connectivity index (χ0) is 14.0. The number of nitrogen functional groups attached to an aromatic ring is 1. The summed E-state index contributed by atoms with van der Waals surface area (Å²) in [4.78, 5) is 11.9. The van der Waals surface area contributed by atoms with Crippen LogP contribution >= 0.6 is 15.9 Å². The van der Waals surface area contributed by atoms with Crippen LogP contribution in [0, 0.1) is 13.8 Å². The molecule has 0 unspecified atom stereocenters. The first-order valence-corrected chi connectivity index (χ1v) is 6.61. The fraction of sp³-hybridized carbons (Fsp3) is 0.231. The number of anilines is 2. The summed E-state index contributed by atoms with van der Waals surface area (Å²) in [5, 5.41) is 7.05. The van der Waals surface area contributed by atoms with E-state index in [9.17, 15) is 4.79 Å². The van der Waals surface area contributed by atoms with Crippen LogP contribution in [0.1, 0.15) is 11.4 Å². The maximum absolute atomic E-state index is 11.9. The van der Waals surface area contributed by atoms with Gasteiger partial charge in [0.05, 0.1) is 17.1 Å². The van der Waals surface area contributed by atoms with Crippen molar-refractivity contribution in [1.82, 2.24) is 9.78 Å². The summed E-state index contributed by atoms with van der Waals surface area (Å²) in [5.41, 5.74) is 8.76. The highest BCUT2D eigenvalue weighted by Crippen LogP contribution is 2.17. The highest BCUT2D eigenvalue weighted by molar-refractivity contribution is 9.10. The Morgan fingerprint density at radius 3 is 2.79 bits per heavy atom.